The topological polar surface area (TPSA) is 68.9 Å². The molecule has 0 aliphatic rings. The molecule has 0 fully saturated rings. The van der Waals surface area contributed by atoms with Gasteiger partial charge in [-0.1, -0.05) is 0 Å². The van der Waals surface area contributed by atoms with Crippen molar-refractivity contribution in [3.63, 3.8) is 0 Å². The van der Waals surface area contributed by atoms with E-state index in [0.29, 0.717) is 11.4 Å². The maximum Gasteiger partial charge on any atom is 0.325 e. The minimum Gasteiger partial charge on any atom is -0.493 e. The second-order valence-electron chi connectivity index (χ2n) is 1.56. The first-order chi connectivity index (χ1) is 4.24. The largest absolute Gasteiger partial charge is 0.493 e. The smallest absolute Gasteiger partial charge is 0.325 e. The molecule has 0 saturated heterocycles. The Morgan fingerprint density at radius 3 is 2.44 bits per heavy atom. The Balaban J connectivity index is 3.16. The maximum atomic E-state index is 10.4. The van der Waals surface area contributed by atoms with Crippen LogP contribution in [0.5, 0.6) is 5.88 Å². The highest BCUT2D eigenvalue weighted by molar-refractivity contribution is 7.79. The number of hydrogen-bond acceptors (Lipinski definition) is 3. The van der Waals surface area contributed by atoms with Crippen LogP contribution in [-0.2, 0) is 5.75 Å². The Morgan fingerprint density at radius 1 is 1.56 bits per heavy atom. The van der Waals surface area contributed by atoms with E-state index >= 15 is 0 Å². The number of nitrogens with one attached hydrogen (secondary N) is 2. The van der Waals surface area contributed by atoms with Gasteiger partial charge in [-0.15, -0.1) is 0 Å². The molecule has 4 nitrogen and oxygen atoms in total. The molecule has 0 bridgehead atoms. The van der Waals surface area contributed by atoms with Gasteiger partial charge in [-0.2, -0.15) is 12.6 Å². The molecule has 5 heteroatoms. The molecular weight excluding hydrogens is 140 g/mol. The summed E-state index contributed by atoms with van der Waals surface area (Å²) in [6.45, 7) is 0. The van der Waals surface area contributed by atoms with Crippen LogP contribution in [0.2, 0.25) is 0 Å². The highest BCUT2D eigenvalue weighted by atomic mass is 32.1. The summed E-state index contributed by atoms with van der Waals surface area (Å²) in [5.74, 6) is 0.194. The van der Waals surface area contributed by atoms with E-state index in [9.17, 15) is 4.79 Å². The molecule has 1 aromatic rings. The van der Waals surface area contributed by atoms with Gasteiger partial charge in [-0.25, -0.2) is 4.79 Å². The van der Waals surface area contributed by atoms with Crippen molar-refractivity contribution in [1.29, 1.82) is 0 Å². The zero-order valence-electron chi connectivity index (χ0n) is 4.51. The van der Waals surface area contributed by atoms with Crippen molar-refractivity contribution < 1.29 is 5.11 Å². The summed E-state index contributed by atoms with van der Waals surface area (Å²) in [6.07, 6.45) is 0. The van der Waals surface area contributed by atoms with Crippen molar-refractivity contribution in [3.05, 3.63) is 16.2 Å². The van der Waals surface area contributed by atoms with E-state index in [2.05, 4.69) is 22.6 Å². The summed E-state index contributed by atoms with van der Waals surface area (Å²) in [5, 5.41) is 8.80. The van der Waals surface area contributed by atoms with Crippen LogP contribution in [0.3, 0.4) is 0 Å². The van der Waals surface area contributed by atoms with Crippen molar-refractivity contribution in [1.82, 2.24) is 9.97 Å². The van der Waals surface area contributed by atoms with Crippen molar-refractivity contribution in [2.75, 3.05) is 0 Å². The van der Waals surface area contributed by atoms with Gasteiger partial charge < -0.3 is 10.1 Å². The number of aromatic amines is 2. The molecule has 1 heterocycles. The standard InChI is InChI=1S/C4H6N2O2S/c7-3-2(1-9)5-4(8)6-3/h7,9H,1H2,(H2,5,6,8). The van der Waals surface area contributed by atoms with Gasteiger partial charge in [0.25, 0.3) is 0 Å². The Bertz CT molecular complexity index is 251. The average molecular weight is 146 g/mol. The molecule has 0 saturated carbocycles. The van der Waals surface area contributed by atoms with Crippen LogP contribution < -0.4 is 5.69 Å². The number of thiol groups is 1. The number of H-pyrrole nitrogens is 2. The van der Waals surface area contributed by atoms with Gasteiger partial charge in [-0.05, 0) is 0 Å². The number of aromatic hydroxyl groups is 1. The van der Waals surface area contributed by atoms with Gasteiger partial charge in [0.05, 0.1) is 5.69 Å². The molecule has 1 rings (SSSR count). The van der Waals surface area contributed by atoms with Crippen LogP contribution in [0.25, 0.3) is 0 Å². The van der Waals surface area contributed by atoms with E-state index in [4.69, 9.17) is 5.11 Å². The maximum absolute atomic E-state index is 10.4. The molecule has 3 N–H and O–H groups in total. The summed E-state index contributed by atoms with van der Waals surface area (Å²) < 4.78 is 0. The van der Waals surface area contributed by atoms with Crippen LogP contribution in [0.1, 0.15) is 5.69 Å². The number of rotatable bonds is 1. The monoisotopic (exact) mass is 146 g/mol. The minimum atomic E-state index is -0.406. The van der Waals surface area contributed by atoms with Gasteiger partial charge in [0.15, 0.2) is 0 Å². The fraction of sp³-hybridized carbons (Fsp3) is 0.250. The Hall–Kier alpha value is -0.840. The van der Waals surface area contributed by atoms with Gasteiger partial charge >= 0.3 is 5.69 Å². The van der Waals surface area contributed by atoms with E-state index in [0.717, 1.165) is 0 Å². The van der Waals surface area contributed by atoms with Crippen LogP contribution >= 0.6 is 12.6 Å². The summed E-state index contributed by atoms with van der Waals surface area (Å²) in [6, 6.07) is 0. The second-order valence-corrected chi connectivity index (χ2v) is 1.88. The van der Waals surface area contributed by atoms with Gasteiger partial charge in [0, 0.05) is 5.75 Å². The molecule has 0 spiro atoms. The number of hydrogen-bond donors (Lipinski definition) is 4. The van der Waals surface area contributed by atoms with Gasteiger partial charge in [0.2, 0.25) is 5.88 Å². The molecule has 0 atom stereocenters. The van der Waals surface area contributed by atoms with Gasteiger partial charge in [-0.3, -0.25) is 4.98 Å². The van der Waals surface area contributed by atoms with E-state index in [1.165, 1.54) is 0 Å². The summed E-state index contributed by atoms with van der Waals surface area (Å²) in [5.41, 5.74) is 0.0138. The lowest BCUT2D eigenvalue weighted by Crippen LogP contribution is -2.00. The van der Waals surface area contributed by atoms with Crippen LogP contribution in [-0.4, -0.2) is 15.1 Å². The summed E-state index contributed by atoms with van der Waals surface area (Å²) >= 11 is 3.84. The second kappa shape index (κ2) is 2.18. The Labute approximate surface area is 56.3 Å². The van der Waals surface area contributed by atoms with E-state index < -0.39 is 5.69 Å². The van der Waals surface area contributed by atoms with Gasteiger partial charge in [0.1, 0.15) is 0 Å². The zero-order valence-corrected chi connectivity index (χ0v) is 5.40. The average Bonchev–Trinajstić information content (AvgIpc) is 2.10. The fourth-order valence-corrected chi connectivity index (χ4v) is 0.754. The van der Waals surface area contributed by atoms with Crippen LogP contribution in [0, 0.1) is 0 Å². The molecule has 0 aliphatic carbocycles. The van der Waals surface area contributed by atoms with Crippen molar-refractivity contribution in [2.45, 2.75) is 5.75 Å². The number of aromatic nitrogens is 2. The van der Waals surface area contributed by atoms with Crippen molar-refractivity contribution >= 4 is 12.6 Å². The highest BCUT2D eigenvalue weighted by Gasteiger charge is 2.00. The molecule has 1 aromatic heterocycles. The third kappa shape index (κ3) is 1.10. The third-order valence-corrected chi connectivity index (χ3v) is 1.26. The highest BCUT2D eigenvalue weighted by Crippen LogP contribution is 2.08. The van der Waals surface area contributed by atoms with E-state index in [1.54, 1.807) is 0 Å². The normalized spacial score (nSPS) is 9.89. The van der Waals surface area contributed by atoms with Crippen molar-refractivity contribution in [3.8, 4) is 5.88 Å². The molecule has 0 unspecified atom stereocenters. The predicted octanol–water partition coefficient (Wildman–Crippen LogP) is -0.162. The quantitative estimate of drug-likeness (QED) is 0.416. The molecular formula is C4H6N2O2S. The predicted molar refractivity (Wildman–Crippen MR) is 35.8 cm³/mol. The lowest BCUT2D eigenvalue weighted by Gasteiger charge is -1.85. The molecule has 0 radical (unpaired) electrons. The third-order valence-electron chi connectivity index (χ3n) is 0.940. The van der Waals surface area contributed by atoms with Crippen LogP contribution in [0.15, 0.2) is 4.79 Å². The van der Waals surface area contributed by atoms with E-state index in [1.807, 2.05) is 0 Å². The first-order valence-electron chi connectivity index (χ1n) is 2.35. The molecule has 50 valence electrons. The van der Waals surface area contributed by atoms with E-state index in [-0.39, 0.29) is 5.88 Å². The summed E-state index contributed by atoms with van der Waals surface area (Å²) in [7, 11) is 0. The molecule has 0 aromatic carbocycles. The first-order valence-corrected chi connectivity index (χ1v) is 2.98. The van der Waals surface area contributed by atoms with Crippen LogP contribution in [0.4, 0.5) is 0 Å². The number of imidazole rings is 1. The zero-order chi connectivity index (χ0) is 6.85. The molecule has 9 heavy (non-hydrogen) atoms. The Kier molecular flexibility index (Phi) is 1.52. The van der Waals surface area contributed by atoms with Crippen molar-refractivity contribution in [2.24, 2.45) is 0 Å². The SMILES string of the molecule is O=c1[nH]c(O)c(CS)[nH]1. The fourth-order valence-electron chi connectivity index (χ4n) is 0.525. The Morgan fingerprint density at radius 2 is 2.22 bits per heavy atom. The lowest BCUT2D eigenvalue weighted by molar-refractivity contribution is 0.451. The summed E-state index contributed by atoms with van der Waals surface area (Å²) in [4.78, 5) is 14.9. The molecule has 0 aliphatic heterocycles. The lowest BCUT2D eigenvalue weighted by atomic mass is 10.5. The molecule has 0 amide bonds. The first kappa shape index (κ1) is 6.28. The minimum absolute atomic E-state index is 0.130.